The molecule has 2 aliphatic rings. The van der Waals surface area contributed by atoms with Crippen molar-refractivity contribution in [2.75, 3.05) is 36.7 Å². The van der Waals surface area contributed by atoms with Crippen LogP contribution in [0.15, 0.2) is 67.7 Å². The molecular weight excluding hydrogens is 892 g/mol. The summed E-state index contributed by atoms with van der Waals surface area (Å²) >= 11 is 12.5. The topological polar surface area (TPSA) is 288 Å². The Labute approximate surface area is 369 Å². The molecule has 4 aromatic rings. The van der Waals surface area contributed by atoms with Crippen LogP contribution in [0.4, 0.5) is 16.2 Å². The molecule has 0 radical (unpaired) electrons. The van der Waals surface area contributed by atoms with Gasteiger partial charge >= 0.3 is 6.09 Å². The van der Waals surface area contributed by atoms with E-state index < -0.39 is 48.7 Å². The molecule has 62 heavy (non-hydrogen) atoms. The van der Waals surface area contributed by atoms with Crippen LogP contribution in [0.5, 0.6) is 0 Å². The van der Waals surface area contributed by atoms with Crippen molar-refractivity contribution < 1.29 is 44.8 Å². The van der Waals surface area contributed by atoms with Crippen LogP contribution in [0.25, 0.3) is 0 Å². The molecule has 2 amide bonds. The highest BCUT2D eigenvalue weighted by Gasteiger charge is 2.43. The summed E-state index contributed by atoms with van der Waals surface area (Å²) in [7, 11) is -4.75. The summed E-state index contributed by atoms with van der Waals surface area (Å²) in [6.07, 6.45) is 1.80. The van der Waals surface area contributed by atoms with Gasteiger partial charge in [-0.1, -0.05) is 23.2 Å². The number of nitrogens with one attached hydrogen (secondary N) is 2. The average Bonchev–Trinajstić information content (AvgIpc) is 3.79. The number of alkyl carbamates (subject to hydrolysis) is 1. The summed E-state index contributed by atoms with van der Waals surface area (Å²) in [5.74, 6) is -0.545. The van der Waals surface area contributed by atoms with Crippen molar-refractivity contribution in [2.24, 2.45) is 15.7 Å². The number of oxazole rings is 2. The Hall–Kier alpha value is -5.71. The number of guanidine groups is 2. The molecule has 20 nitrogen and oxygen atoms in total. The summed E-state index contributed by atoms with van der Waals surface area (Å²) in [4.78, 5) is 51.4. The third-order valence-corrected chi connectivity index (χ3v) is 13.5. The highest BCUT2D eigenvalue weighted by Crippen LogP contribution is 2.38. The molecule has 2 aliphatic heterocycles. The lowest BCUT2D eigenvalue weighted by atomic mass is 9.94. The number of carbonyl (C=O) groups is 3. The van der Waals surface area contributed by atoms with Gasteiger partial charge in [-0.15, -0.1) is 0 Å². The van der Waals surface area contributed by atoms with Gasteiger partial charge in [0.1, 0.15) is 34.9 Å². The maximum absolute atomic E-state index is 12.6. The number of benzene rings is 2. The van der Waals surface area contributed by atoms with Crippen molar-refractivity contribution in [3.8, 4) is 0 Å². The fraction of sp³-hybridized carbons (Fsp3) is 0.395. The highest BCUT2D eigenvalue weighted by atomic mass is 35.5. The molecule has 4 heterocycles. The Morgan fingerprint density at radius 3 is 1.77 bits per heavy atom. The van der Waals surface area contributed by atoms with Crippen molar-refractivity contribution in [3.63, 3.8) is 0 Å². The van der Waals surface area contributed by atoms with Crippen LogP contribution in [0, 0.1) is 13.8 Å². The number of hydrogen-bond donors (Lipinski definition) is 4. The number of rotatable bonds is 5. The Balaban J connectivity index is 0.000000227. The molecule has 0 unspecified atom stereocenters. The van der Waals surface area contributed by atoms with Crippen molar-refractivity contribution in [2.45, 2.75) is 72.1 Å². The summed E-state index contributed by atoms with van der Waals surface area (Å²) in [5.41, 5.74) is 10.7. The lowest BCUT2D eigenvalue weighted by Gasteiger charge is -2.36. The van der Waals surface area contributed by atoms with E-state index in [-0.39, 0.29) is 34.9 Å². The van der Waals surface area contributed by atoms with E-state index in [0.717, 1.165) is 8.61 Å². The number of Topliss-reactive ketones (excluding diaryl/α,β-unsaturated/α-hetero) is 1. The minimum absolute atomic E-state index is 0.0631. The van der Waals surface area contributed by atoms with E-state index >= 15 is 0 Å². The summed E-state index contributed by atoms with van der Waals surface area (Å²) in [5, 5.41) is 5.72. The van der Waals surface area contributed by atoms with Crippen molar-refractivity contribution >= 4 is 84.3 Å². The van der Waals surface area contributed by atoms with Crippen LogP contribution in [-0.2, 0) is 35.9 Å². The van der Waals surface area contributed by atoms with Gasteiger partial charge in [0.2, 0.25) is 32.0 Å². The van der Waals surface area contributed by atoms with Crippen LogP contribution < -0.4 is 22.1 Å². The number of nitrogen functional groups attached to an aromatic ring is 1. The molecule has 2 aromatic carbocycles. The zero-order valence-electron chi connectivity index (χ0n) is 35.5. The molecule has 0 aliphatic carbocycles. The van der Waals surface area contributed by atoms with E-state index in [1.165, 1.54) is 33.5 Å². The Morgan fingerprint density at radius 1 is 0.790 bits per heavy atom. The van der Waals surface area contributed by atoms with Gasteiger partial charge in [-0.2, -0.15) is 0 Å². The third-order valence-electron chi connectivity index (χ3n) is 8.92. The lowest BCUT2D eigenvalue weighted by Crippen LogP contribution is -2.54. The quantitative estimate of drug-likeness (QED) is 0.148. The molecule has 2 atom stereocenters. The minimum atomic E-state index is -3.75. The molecule has 0 saturated heterocycles. The first-order chi connectivity index (χ1) is 28.4. The number of ketones is 1. The van der Waals surface area contributed by atoms with Gasteiger partial charge in [0.05, 0.1) is 11.5 Å². The smallest absolute Gasteiger partial charge is 0.414 e. The van der Waals surface area contributed by atoms with Crippen LogP contribution >= 0.6 is 23.2 Å². The molecule has 336 valence electrons. The van der Waals surface area contributed by atoms with Gasteiger partial charge in [0.15, 0.2) is 23.3 Å². The summed E-state index contributed by atoms with van der Waals surface area (Å²) in [6, 6.07) is 9.50. The fourth-order valence-electron chi connectivity index (χ4n) is 5.81. The molecule has 0 saturated carbocycles. The zero-order chi connectivity index (χ0) is 46.7. The second kappa shape index (κ2) is 18.3. The number of halogens is 2. The number of hydrogen-bond acceptors (Lipinski definition) is 16. The van der Waals surface area contributed by atoms with Crippen LogP contribution in [0.2, 0.25) is 10.0 Å². The van der Waals surface area contributed by atoms with Crippen LogP contribution in [0.1, 0.15) is 85.4 Å². The molecular formula is C38H48Cl2N10O10S2. The van der Waals surface area contributed by atoms with Gasteiger partial charge in [-0.05, 0) is 71.0 Å². The minimum Gasteiger partial charge on any atom is -0.449 e. The monoisotopic (exact) mass is 938 g/mol. The number of anilines is 2. The van der Waals surface area contributed by atoms with E-state index in [1.54, 1.807) is 84.9 Å². The first-order valence-corrected chi connectivity index (χ1v) is 22.3. The zero-order valence-corrected chi connectivity index (χ0v) is 38.7. The maximum Gasteiger partial charge on any atom is 0.414 e. The SMILES string of the molecule is CC(=O)c1coc(C)n1.CN1C(NC(=O)OC(C)(C)C)=N[C@](C)(c2cc(N)ccc2Cl)CS1(=O)=O.Cc1nc(C(=O)Nc2ccc(Cl)c([C@]3(C)CS(=O)(=O)N(C)C(N)=N3)c2)co1. The number of nitrogens with two attached hydrogens (primary N) is 2. The predicted octanol–water partition coefficient (Wildman–Crippen LogP) is 5.17. The van der Waals surface area contributed by atoms with Gasteiger partial charge in [0.25, 0.3) is 5.91 Å². The third kappa shape index (κ3) is 12.0. The first kappa shape index (κ1) is 49.0. The summed E-state index contributed by atoms with van der Waals surface area (Å²) < 4.78 is 66.8. The Bertz CT molecular complexity index is 2660. The average molecular weight is 940 g/mol. The van der Waals surface area contributed by atoms with E-state index in [4.69, 9.17) is 48.2 Å². The predicted molar refractivity (Wildman–Crippen MR) is 234 cm³/mol. The number of carbonyl (C=O) groups excluding carboxylic acids is 3. The maximum atomic E-state index is 12.6. The Morgan fingerprint density at radius 2 is 1.29 bits per heavy atom. The fourth-order valence-corrected chi connectivity index (χ4v) is 9.37. The number of aliphatic imine (C=N–C) groups is 2. The normalized spacial score (nSPS) is 20.3. The highest BCUT2D eigenvalue weighted by molar-refractivity contribution is 7.90. The Kier molecular flexibility index (Phi) is 14.5. The van der Waals surface area contributed by atoms with Gasteiger partial charge in [0, 0.05) is 67.4 Å². The molecule has 0 bridgehead atoms. The van der Waals surface area contributed by atoms with Crippen molar-refractivity contribution in [3.05, 3.63) is 93.3 Å². The van der Waals surface area contributed by atoms with Crippen molar-refractivity contribution in [1.29, 1.82) is 0 Å². The number of aromatic nitrogens is 2. The molecule has 6 rings (SSSR count). The summed E-state index contributed by atoms with van der Waals surface area (Å²) in [6.45, 7) is 13.1. The molecule has 0 fully saturated rings. The first-order valence-electron chi connectivity index (χ1n) is 18.4. The van der Waals surface area contributed by atoms with E-state index in [2.05, 4.69) is 30.6 Å². The second-order valence-corrected chi connectivity index (χ2v) is 20.3. The van der Waals surface area contributed by atoms with Crippen LogP contribution in [0.3, 0.4) is 0 Å². The number of amides is 2. The van der Waals surface area contributed by atoms with E-state index in [9.17, 15) is 31.2 Å². The van der Waals surface area contributed by atoms with Gasteiger partial charge < -0.3 is 30.4 Å². The molecule has 24 heteroatoms. The van der Waals surface area contributed by atoms with Gasteiger partial charge in [-0.3, -0.25) is 14.9 Å². The largest absolute Gasteiger partial charge is 0.449 e. The van der Waals surface area contributed by atoms with Gasteiger partial charge in [-0.25, -0.2) is 50.2 Å². The number of ether oxygens (including phenoxy) is 1. The number of aryl methyl sites for hydroxylation is 2. The van der Waals surface area contributed by atoms with Crippen molar-refractivity contribution in [1.82, 2.24) is 23.9 Å². The van der Waals surface area contributed by atoms with E-state index in [0.29, 0.717) is 50.0 Å². The standard InChI is InChI=1S/C16H18ClN5O4S.C16H23ClN4O4S.C6H7NO2/c1-9-19-13(7-26-9)14(23)20-10-4-5-12(17)11(6-10)16(2)8-27(24,25)22(3)15(18)21-16;1-15(2,3)25-14(22)19-13-20-16(4,9-26(23,24)21(13)5)11-8-10(18)6-7-12(11)17;1-4(8)6-3-9-5(2)7-6/h4-7H,8H2,1-3H3,(H2,18,21)(H,20,23);6-8H,9,18H2,1-5H3,(H,19,20,22);3H,1-2H3/t2*16-;/m00./s1. The number of nitrogens with zero attached hydrogens (tertiary/aromatic N) is 6. The molecule has 6 N–H and O–H groups in total. The van der Waals surface area contributed by atoms with Crippen LogP contribution in [-0.4, -0.2) is 96.3 Å². The molecule has 2 aromatic heterocycles. The number of sulfonamides is 2. The molecule has 0 spiro atoms. The van der Waals surface area contributed by atoms with E-state index in [1.807, 2.05) is 0 Å². The second-order valence-electron chi connectivity index (χ2n) is 15.5. The lowest BCUT2D eigenvalue weighted by molar-refractivity contribution is 0.0558.